The van der Waals surface area contributed by atoms with Gasteiger partial charge in [-0.3, -0.25) is 10.1 Å². The molecule has 2 rings (SSSR count). The molecule has 4 nitrogen and oxygen atoms in total. The van der Waals surface area contributed by atoms with Gasteiger partial charge in [-0.15, -0.1) is 0 Å². The van der Waals surface area contributed by atoms with Crippen molar-refractivity contribution >= 4 is 5.97 Å². The minimum absolute atomic E-state index is 0.115. The average molecular weight is 296 g/mol. The largest absolute Gasteiger partial charge is 0.468 e. The third-order valence-electron chi connectivity index (χ3n) is 4.52. The Hall–Kier alpha value is -0.610. The molecule has 0 heterocycles. The Bertz CT molecular complexity index is 351. The molecule has 0 amide bonds. The third-order valence-corrected chi connectivity index (χ3v) is 4.52. The third kappa shape index (κ3) is 5.26. The van der Waals surface area contributed by atoms with Gasteiger partial charge >= 0.3 is 5.97 Å². The molecule has 2 aliphatic carbocycles. The van der Waals surface area contributed by atoms with Crippen LogP contribution in [0, 0.1) is 5.92 Å². The summed E-state index contributed by atoms with van der Waals surface area (Å²) in [5.41, 5.74) is -0.511. The maximum absolute atomic E-state index is 12.1. The van der Waals surface area contributed by atoms with Gasteiger partial charge in [0, 0.05) is 18.6 Å². The van der Waals surface area contributed by atoms with E-state index in [2.05, 4.69) is 24.1 Å². The smallest absolute Gasteiger partial charge is 0.325 e. The number of carbonyl (C=O) groups is 1. The molecule has 0 radical (unpaired) electrons. The van der Waals surface area contributed by atoms with E-state index in [1.54, 1.807) is 0 Å². The maximum Gasteiger partial charge on any atom is 0.325 e. The molecule has 0 aliphatic heterocycles. The molecule has 0 aromatic carbocycles. The molecule has 2 saturated carbocycles. The standard InChI is InChI=1S/C17H32N2O2/c1-13(2)12-19(15-8-9-15)11-5-10-17(3,16(20)21-4)18-14-6-7-14/h13-15,18H,5-12H2,1-4H3. The highest BCUT2D eigenvalue weighted by atomic mass is 16.5. The molecule has 4 heteroatoms. The first-order valence-electron chi connectivity index (χ1n) is 8.55. The van der Waals surface area contributed by atoms with Crippen LogP contribution in [0.1, 0.15) is 59.3 Å². The van der Waals surface area contributed by atoms with Crippen molar-refractivity contribution in [3.8, 4) is 0 Å². The van der Waals surface area contributed by atoms with Crippen molar-refractivity contribution in [2.45, 2.75) is 76.9 Å². The minimum atomic E-state index is -0.511. The van der Waals surface area contributed by atoms with Crippen LogP contribution in [0.4, 0.5) is 0 Å². The summed E-state index contributed by atoms with van der Waals surface area (Å²) < 4.78 is 5.01. The number of rotatable bonds is 10. The Labute approximate surface area is 129 Å². The fraction of sp³-hybridized carbons (Fsp3) is 0.941. The zero-order valence-corrected chi connectivity index (χ0v) is 14.2. The van der Waals surface area contributed by atoms with Crippen molar-refractivity contribution < 1.29 is 9.53 Å². The highest BCUT2D eigenvalue weighted by Gasteiger charge is 2.39. The second-order valence-electron chi connectivity index (χ2n) is 7.47. The Morgan fingerprint density at radius 2 is 2.00 bits per heavy atom. The van der Waals surface area contributed by atoms with E-state index in [-0.39, 0.29) is 5.97 Å². The molecule has 0 bridgehead atoms. The van der Waals surface area contributed by atoms with Crippen molar-refractivity contribution in [1.29, 1.82) is 0 Å². The summed E-state index contributed by atoms with van der Waals surface area (Å²) in [4.78, 5) is 14.7. The molecule has 1 unspecified atom stereocenters. The SMILES string of the molecule is COC(=O)C(C)(CCCN(CC(C)C)C1CC1)NC1CC1. The number of hydrogen-bond acceptors (Lipinski definition) is 4. The highest BCUT2D eigenvalue weighted by Crippen LogP contribution is 2.29. The molecule has 2 fully saturated rings. The van der Waals surface area contributed by atoms with Crippen molar-refractivity contribution in [1.82, 2.24) is 10.2 Å². The van der Waals surface area contributed by atoms with Gasteiger partial charge in [0.05, 0.1) is 7.11 Å². The van der Waals surface area contributed by atoms with Crippen molar-refractivity contribution in [2.24, 2.45) is 5.92 Å². The van der Waals surface area contributed by atoms with E-state index in [0.29, 0.717) is 12.0 Å². The van der Waals surface area contributed by atoms with E-state index in [9.17, 15) is 4.79 Å². The highest BCUT2D eigenvalue weighted by molar-refractivity contribution is 5.80. The fourth-order valence-electron chi connectivity index (χ4n) is 3.10. The molecule has 0 spiro atoms. The number of nitrogens with zero attached hydrogens (tertiary/aromatic N) is 1. The number of methoxy groups -OCH3 is 1. The number of esters is 1. The van der Waals surface area contributed by atoms with Gasteiger partial charge in [-0.1, -0.05) is 13.8 Å². The summed E-state index contributed by atoms with van der Waals surface area (Å²) in [7, 11) is 1.49. The van der Waals surface area contributed by atoms with Gasteiger partial charge < -0.3 is 9.64 Å². The fourth-order valence-corrected chi connectivity index (χ4v) is 3.10. The minimum Gasteiger partial charge on any atom is -0.468 e. The van der Waals surface area contributed by atoms with Crippen LogP contribution in [0.25, 0.3) is 0 Å². The molecule has 1 atom stereocenters. The van der Waals surface area contributed by atoms with Gasteiger partial charge in [-0.2, -0.15) is 0 Å². The molecule has 2 aliphatic rings. The maximum atomic E-state index is 12.1. The van der Waals surface area contributed by atoms with Gasteiger partial charge in [0.15, 0.2) is 0 Å². The van der Waals surface area contributed by atoms with Gasteiger partial charge in [-0.05, 0) is 57.9 Å². The second kappa shape index (κ2) is 7.10. The van der Waals surface area contributed by atoms with Crippen LogP contribution in [0.15, 0.2) is 0 Å². The lowest BCUT2D eigenvalue weighted by atomic mass is 9.95. The molecule has 0 aromatic heterocycles. The van der Waals surface area contributed by atoms with Crippen LogP contribution in [-0.2, 0) is 9.53 Å². The zero-order chi connectivity index (χ0) is 15.5. The van der Waals surface area contributed by atoms with Crippen LogP contribution in [0.3, 0.4) is 0 Å². The Kier molecular flexibility index (Phi) is 5.67. The molecular weight excluding hydrogens is 264 g/mol. The summed E-state index contributed by atoms with van der Waals surface area (Å²) in [5, 5.41) is 3.48. The summed E-state index contributed by atoms with van der Waals surface area (Å²) in [6.45, 7) is 8.84. The summed E-state index contributed by atoms with van der Waals surface area (Å²) in [5.74, 6) is 0.596. The summed E-state index contributed by atoms with van der Waals surface area (Å²) in [6, 6.07) is 1.32. The lowest BCUT2D eigenvalue weighted by Gasteiger charge is -2.30. The predicted octanol–water partition coefficient (Wildman–Crippen LogP) is 2.57. The Balaban J connectivity index is 1.81. The lowest BCUT2D eigenvalue weighted by molar-refractivity contribution is -0.148. The summed E-state index contributed by atoms with van der Waals surface area (Å²) >= 11 is 0. The number of ether oxygens (including phenoxy) is 1. The summed E-state index contributed by atoms with van der Waals surface area (Å²) in [6.07, 6.45) is 6.98. The second-order valence-corrected chi connectivity index (χ2v) is 7.47. The first kappa shape index (κ1) is 16.8. The molecule has 21 heavy (non-hydrogen) atoms. The van der Waals surface area contributed by atoms with E-state index >= 15 is 0 Å². The predicted molar refractivity (Wildman–Crippen MR) is 85.2 cm³/mol. The quantitative estimate of drug-likeness (QED) is 0.629. The van der Waals surface area contributed by atoms with Crippen molar-refractivity contribution in [3.63, 3.8) is 0 Å². The molecule has 0 aromatic rings. The lowest BCUT2D eigenvalue weighted by Crippen LogP contribution is -2.51. The van der Waals surface area contributed by atoms with Gasteiger partial charge in [0.1, 0.15) is 5.54 Å². The van der Waals surface area contributed by atoms with Crippen LogP contribution in [0.2, 0.25) is 0 Å². The first-order valence-corrected chi connectivity index (χ1v) is 8.55. The van der Waals surface area contributed by atoms with Gasteiger partial charge in [0.25, 0.3) is 0 Å². The van der Waals surface area contributed by atoms with Crippen LogP contribution in [-0.4, -0.2) is 48.7 Å². The molecule has 122 valence electrons. The number of carbonyl (C=O) groups excluding carboxylic acids is 1. The number of nitrogens with one attached hydrogen (secondary N) is 1. The van der Waals surface area contributed by atoms with E-state index in [1.807, 2.05) is 6.92 Å². The van der Waals surface area contributed by atoms with Crippen LogP contribution < -0.4 is 5.32 Å². The number of hydrogen-bond donors (Lipinski definition) is 1. The van der Waals surface area contributed by atoms with Crippen molar-refractivity contribution in [3.05, 3.63) is 0 Å². The molecule has 1 N–H and O–H groups in total. The van der Waals surface area contributed by atoms with Gasteiger partial charge in [0.2, 0.25) is 0 Å². The average Bonchev–Trinajstić information content (AvgIpc) is 3.29. The van der Waals surface area contributed by atoms with E-state index in [4.69, 9.17) is 4.74 Å². The zero-order valence-electron chi connectivity index (χ0n) is 14.2. The van der Waals surface area contributed by atoms with Crippen LogP contribution in [0.5, 0.6) is 0 Å². The topological polar surface area (TPSA) is 41.6 Å². The molecular formula is C17H32N2O2. The Morgan fingerprint density at radius 1 is 1.33 bits per heavy atom. The Morgan fingerprint density at radius 3 is 2.48 bits per heavy atom. The molecule has 0 saturated heterocycles. The van der Waals surface area contributed by atoms with Crippen molar-refractivity contribution in [2.75, 3.05) is 20.2 Å². The van der Waals surface area contributed by atoms with E-state index in [1.165, 1.54) is 39.3 Å². The van der Waals surface area contributed by atoms with E-state index < -0.39 is 5.54 Å². The van der Waals surface area contributed by atoms with Crippen LogP contribution >= 0.6 is 0 Å². The monoisotopic (exact) mass is 296 g/mol. The van der Waals surface area contributed by atoms with Gasteiger partial charge in [-0.25, -0.2) is 0 Å². The van der Waals surface area contributed by atoms with E-state index in [0.717, 1.165) is 25.4 Å². The normalized spacial score (nSPS) is 21.6. The first-order chi connectivity index (χ1) is 9.94.